The third kappa shape index (κ3) is 3.77. The molecule has 0 spiro atoms. The van der Waals surface area contributed by atoms with E-state index in [9.17, 15) is 15.0 Å². The van der Waals surface area contributed by atoms with E-state index in [-0.39, 0.29) is 17.4 Å². The molecule has 0 atom stereocenters. The van der Waals surface area contributed by atoms with Crippen LogP contribution in [0.3, 0.4) is 0 Å². The number of halogens is 1. The van der Waals surface area contributed by atoms with Crippen LogP contribution in [0.15, 0.2) is 47.6 Å². The minimum absolute atomic E-state index is 0.0120. The normalized spacial score (nSPS) is 11.3. The van der Waals surface area contributed by atoms with Gasteiger partial charge in [-0.05, 0) is 48.9 Å². The lowest BCUT2D eigenvalue weighted by Crippen LogP contribution is -2.20. The van der Waals surface area contributed by atoms with E-state index >= 15 is 0 Å². The minimum Gasteiger partial charge on any atom is -0.508 e. The van der Waals surface area contributed by atoms with Crippen LogP contribution in [-0.2, 0) is 0 Å². The molecule has 0 aliphatic carbocycles. The number of hydrazone groups is 1. The van der Waals surface area contributed by atoms with Crippen LogP contribution in [-0.4, -0.2) is 21.8 Å². The molecule has 0 radical (unpaired) electrons. The number of phenols is 2. The second-order valence-electron chi connectivity index (χ2n) is 4.56. The minimum atomic E-state index is -0.387. The van der Waals surface area contributed by atoms with Gasteiger partial charge < -0.3 is 10.2 Å². The van der Waals surface area contributed by atoms with Crippen molar-refractivity contribution >= 4 is 23.2 Å². The van der Waals surface area contributed by atoms with Crippen LogP contribution in [0.5, 0.6) is 11.5 Å². The van der Waals surface area contributed by atoms with Gasteiger partial charge in [-0.15, -0.1) is 0 Å². The first-order valence-electron chi connectivity index (χ1n) is 6.66. The predicted molar refractivity (Wildman–Crippen MR) is 85.5 cm³/mol. The zero-order valence-corrected chi connectivity index (χ0v) is 12.6. The van der Waals surface area contributed by atoms with Crippen molar-refractivity contribution < 1.29 is 15.0 Å². The summed E-state index contributed by atoms with van der Waals surface area (Å²) in [7, 11) is 0. The highest BCUT2D eigenvalue weighted by atomic mass is 35.5. The molecule has 0 saturated carbocycles. The highest BCUT2D eigenvalue weighted by Crippen LogP contribution is 2.23. The van der Waals surface area contributed by atoms with Crippen molar-refractivity contribution in [1.82, 2.24) is 5.43 Å². The Morgan fingerprint density at radius 3 is 2.50 bits per heavy atom. The summed E-state index contributed by atoms with van der Waals surface area (Å²) in [4.78, 5) is 12.0. The monoisotopic (exact) mass is 318 g/mol. The van der Waals surface area contributed by atoms with E-state index in [1.54, 1.807) is 24.3 Å². The summed E-state index contributed by atoms with van der Waals surface area (Å²) >= 11 is 5.77. The number of hydrogen-bond donors (Lipinski definition) is 3. The summed E-state index contributed by atoms with van der Waals surface area (Å²) in [6, 6.07) is 10.5. The van der Waals surface area contributed by atoms with E-state index in [0.29, 0.717) is 28.3 Å². The summed E-state index contributed by atoms with van der Waals surface area (Å²) in [6.07, 6.45) is 0.470. The van der Waals surface area contributed by atoms with Crippen LogP contribution in [0.1, 0.15) is 29.3 Å². The van der Waals surface area contributed by atoms with Crippen molar-refractivity contribution in [1.29, 1.82) is 0 Å². The van der Waals surface area contributed by atoms with Crippen LogP contribution in [0.2, 0.25) is 5.02 Å². The molecule has 6 heteroatoms. The van der Waals surface area contributed by atoms with Gasteiger partial charge in [-0.25, -0.2) is 5.43 Å². The van der Waals surface area contributed by atoms with Crippen LogP contribution in [0.4, 0.5) is 0 Å². The van der Waals surface area contributed by atoms with Gasteiger partial charge in [-0.3, -0.25) is 4.79 Å². The van der Waals surface area contributed by atoms with Gasteiger partial charge in [0.15, 0.2) is 0 Å². The molecule has 0 aliphatic heterocycles. The van der Waals surface area contributed by atoms with Crippen molar-refractivity contribution in [3.05, 3.63) is 58.6 Å². The zero-order valence-electron chi connectivity index (χ0n) is 11.9. The quantitative estimate of drug-likeness (QED) is 0.459. The van der Waals surface area contributed by atoms with Gasteiger partial charge in [0.1, 0.15) is 11.5 Å². The first kappa shape index (κ1) is 15.9. The average Bonchev–Trinajstić information content (AvgIpc) is 2.51. The molecule has 0 aliphatic rings. The number of phenolic OH excluding ortho intramolecular Hbond substituents is 2. The Kier molecular flexibility index (Phi) is 5.01. The molecule has 1 amide bonds. The van der Waals surface area contributed by atoms with Crippen LogP contribution < -0.4 is 5.43 Å². The van der Waals surface area contributed by atoms with E-state index in [1.165, 1.54) is 18.2 Å². The van der Waals surface area contributed by atoms with Gasteiger partial charge in [0, 0.05) is 16.1 Å². The van der Waals surface area contributed by atoms with Crippen molar-refractivity contribution in [3.63, 3.8) is 0 Å². The Balaban J connectivity index is 2.20. The Hall–Kier alpha value is -2.53. The van der Waals surface area contributed by atoms with Crippen LogP contribution >= 0.6 is 11.6 Å². The lowest BCUT2D eigenvalue weighted by atomic mass is 10.1. The first-order valence-corrected chi connectivity index (χ1v) is 7.04. The molecule has 0 heterocycles. The smallest absolute Gasteiger partial charge is 0.271 e. The molecule has 0 aromatic heterocycles. The van der Waals surface area contributed by atoms with E-state index < -0.39 is 0 Å². The number of aromatic hydroxyl groups is 2. The molecule has 0 unspecified atom stereocenters. The summed E-state index contributed by atoms with van der Waals surface area (Å²) < 4.78 is 0. The second-order valence-corrected chi connectivity index (χ2v) is 5.00. The highest BCUT2D eigenvalue weighted by Gasteiger charge is 2.10. The number of carbonyl (C=O) groups excluding carboxylic acids is 1. The van der Waals surface area contributed by atoms with Crippen molar-refractivity contribution in [2.75, 3.05) is 0 Å². The molecule has 0 saturated heterocycles. The molecule has 114 valence electrons. The van der Waals surface area contributed by atoms with E-state index in [0.717, 1.165) is 0 Å². The molecule has 0 bridgehead atoms. The first-order chi connectivity index (χ1) is 10.5. The van der Waals surface area contributed by atoms with Gasteiger partial charge in [0.2, 0.25) is 0 Å². The summed E-state index contributed by atoms with van der Waals surface area (Å²) in [5.41, 5.74) is 3.68. The Morgan fingerprint density at radius 1 is 1.18 bits per heavy atom. The number of nitrogens with zero attached hydrogens (tertiary/aromatic N) is 1. The maximum atomic E-state index is 12.0. The fourth-order valence-electron chi connectivity index (χ4n) is 1.87. The van der Waals surface area contributed by atoms with E-state index in [1.807, 2.05) is 6.92 Å². The molecule has 5 nitrogen and oxygen atoms in total. The summed E-state index contributed by atoms with van der Waals surface area (Å²) in [5, 5.41) is 23.9. The molecule has 3 N–H and O–H groups in total. The number of carbonyl (C=O) groups is 1. The largest absolute Gasteiger partial charge is 0.508 e. The molecule has 2 aromatic rings. The standard InChI is InChI=1S/C16H15ClN2O3/c1-2-14(13-9-12(20)7-8-15(13)21)18-19-16(22)10-3-5-11(17)6-4-10/h3-9,20-21H,2H2,1H3,(H,19,22)/b18-14+. The Bertz CT molecular complexity index is 712. The predicted octanol–water partition coefficient (Wildman–Crippen LogP) is 3.30. The van der Waals surface area contributed by atoms with Crippen LogP contribution in [0.25, 0.3) is 0 Å². The third-order valence-corrected chi connectivity index (χ3v) is 3.28. The Labute approximate surface area is 132 Å². The fourth-order valence-corrected chi connectivity index (χ4v) is 1.99. The lowest BCUT2D eigenvalue weighted by Gasteiger charge is -2.08. The maximum absolute atomic E-state index is 12.0. The molecule has 22 heavy (non-hydrogen) atoms. The molecule has 0 fully saturated rings. The number of amides is 1. The summed E-state index contributed by atoms with van der Waals surface area (Å²) in [5.74, 6) is -0.389. The Morgan fingerprint density at radius 2 is 1.86 bits per heavy atom. The third-order valence-electron chi connectivity index (χ3n) is 3.02. The molecular formula is C16H15ClN2O3. The van der Waals surface area contributed by atoms with Gasteiger partial charge >= 0.3 is 0 Å². The number of rotatable bonds is 4. The lowest BCUT2D eigenvalue weighted by molar-refractivity contribution is 0.0955. The molecule has 2 rings (SSSR count). The van der Waals surface area contributed by atoms with Crippen molar-refractivity contribution in [3.8, 4) is 11.5 Å². The molecular weight excluding hydrogens is 304 g/mol. The van der Waals surface area contributed by atoms with Crippen molar-refractivity contribution in [2.45, 2.75) is 13.3 Å². The van der Waals surface area contributed by atoms with Gasteiger partial charge in [-0.1, -0.05) is 18.5 Å². The fraction of sp³-hybridized carbons (Fsp3) is 0.125. The van der Waals surface area contributed by atoms with Gasteiger partial charge in [0.05, 0.1) is 5.71 Å². The van der Waals surface area contributed by atoms with E-state index in [2.05, 4.69) is 10.5 Å². The SMILES string of the molecule is CC/C(=N\NC(=O)c1ccc(Cl)cc1)c1cc(O)ccc1O. The highest BCUT2D eigenvalue weighted by molar-refractivity contribution is 6.30. The maximum Gasteiger partial charge on any atom is 0.271 e. The number of nitrogens with one attached hydrogen (secondary N) is 1. The number of hydrogen-bond acceptors (Lipinski definition) is 4. The number of benzene rings is 2. The molecule has 2 aromatic carbocycles. The van der Waals surface area contributed by atoms with Gasteiger partial charge in [-0.2, -0.15) is 5.10 Å². The van der Waals surface area contributed by atoms with E-state index in [4.69, 9.17) is 11.6 Å². The zero-order chi connectivity index (χ0) is 16.1. The topological polar surface area (TPSA) is 81.9 Å². The average molecular weight is 319 g/mol. The van der Waals surface area contributed by atoms with Crippen molar-refractivity contribution in [2.24, 2.45) is 5.10 Å². The summed E-state index contributed by atoms with van der Waals surface area (Å²) in [6.45, 7) is 1.83. The second kappa shape index (κ2) is 6.95. The van der Waals surface area contributed by atoms with Gasteiger partial charge in [0.25, 0.3) is 5.91 Å². The van der Waals surface area contributed by atoms with Crippen LogP contribution in [0, 0.1) is 0 Å².